The zero-order chi connectivity index (χ0) is 16.6. The standard InChI is InChI=1S/C15H17ClFN5O/c1-8-7-22(15(18)23)5-4-10(8)12-13(16)21-14(20-12)11-3-2-9(17)6-19-11/h2-3,6,8,10H,4-5,7H2,1H3,(H2,18,23)(H,20,21)/t8-,10+/m0/s1. The fourth-order valence-corrected chi connectivity index (χ4v) is 3.29. The Hall–Kier alpha value is -2.15. The summed E-state index contributed by atoms with van der Waals surface area (Å²) in [6.45, 7) is 3.22. The zero-order valence-corrected chi connectivity index (χ0v) is 13.3. The van der Waals surface area contributed by atoms with E-state index in [4.69, 9.17) is 17.3 Å². The first kappa shape index (κ1) is 15.7. The summed E-state index contributed by atoms with van der Waals surface area (Å²) < 4.78 is 13.0. The average Bonchev–Trinajstić information content (AvgIpc) is 2.89. The van der Waals surface area contributed by atoms with Crippen LogP contribution in [-0.2, 0) is 0 Å². The van der Waals surface area contributed by atoms with E-state index in [0.717, 1.165) is 18.3 Å². The van der Waals surface area contributed by atoms with Crippen LogP contribution in [0.15, 0.2) is 18.3 Å². The number of nitrogens with zero attached hydrogens (tertiary/aromatic N) is 3. The number of aromatic amines is 1. The Labute approximate surface area is 137 Å². The fourth-order valence-electron chi connectivity index (χ4n) is 3.02. The van der Waals surface area contributed by atoms with Gasteiger partial charge in [-0.05, 0) is 24.5 Å². The molecule has 0 aromatic carbocycles. The van der Waals surface area contributed by atoms with Crippen molar-refractivity contribution >= 4 is 17.6 Å². The third kappa shape index (κ3) is 3.14. The molecule has 3 heterocycles. The van der Waals surface area contributed by atoms with E-state index in [1.54, 1.807) is 11.0 Å². The van der Waals surface area contributed by atoms with Gasteiger partial charge in [0.05, 0.1) is 11.9 Å². The summed E-state index contributed by atoms with van der Waals surface area (Å²) >= 11 is 6.27. The molecule has 1 fully saturated rings. The summed E-state index contributed by atoms with van der Waals surface area (Å²) in [5.41, 5.74) is 6.69. The van der Waals surface area contributed by atoms with Crippen molar-refractivity contribution in [1.29, 1.82) is 0 Å². The second-order valence-corrected chi connectivity index (χ2v) is 6.17. The predicted octanol–water partition coefficient (Wildman–Crippen LogP) is 2.77. The molecule has 0 spiro atoms. The van der Waals surface area contributed by atoms with Crippen LogP contribution in [0.3, 0.4) is 0 Å². The van der Waals surface area contributed by atoms with Crippen LogP contribution in [0.2, 0.25) is 5.15 Å². The fraction of sp³-hybridized carbons (Fsp3) is 0.400. The molecule has 0 unspecified atom stereocenters. The maximum absolute atomic E-state index is 13.0. The van der Waals surface area contributed by atoms with E-state index in [9.17, 15) is 9.18 Å². The highest BCUT2D eigenvalue weighted by Gasteiger charge is 2.31. The van der Waals surface area contributed by atoms with Crippen molar-refractivity contribution in [3.63, 3.8) is 0 Å². The van der Waals surface area contributed by atoms with Crippen molar-refractivity contribution in [1.82, 2.24) is 19.9 Å². The lowest BCUT2D eigenvalue weighted by molar-refractivity contribution is 0.166. The highest BCUT2D eigenvalue weighted by atomic mass is 35.5. The van der Waals surface area contributed by atoms with Gasteiger partial charge in [-0.2, -0.15) is 0 Å². The van der Waals surface area contributed by atoms with E-state index >= 15 is 0 Å². The molecule has 3 rings (SSSR count). The lowest BCUT2D eigenvalue weighted by Crippen LogP contribution is -2.44. The van der Waals surface area contributed by atoms with Crippen molar-refractivity contribution in [3.8, 4) is 11.5 Å². The molecule has 0 radical (unpaired) electrons. The molecule has 0 saturated carbocycles. The molecule has 8 heteroatoms. The van der Waals surface area contributed by atoms with Crippen LogP contribution in [-0.4, -0.2) is 39.0 Å². The van der Waals surface area contributed by atoms with E-state index in [1.807, 2.05) is 6.92 Å². The number of likely N-dealkylation sites (tertiary alicyclic amines) is 1. The van der Waals surface area contributed by atoms with Crippen molar-refractivity contribution < 1.29 is 9.18 Å². The minimum absolute atomic E-state index is 0.153. The maximum atomic E-state index is 13.0. The van der Waals surface area contributed by atoms with Gasteiger partial charge >= 0.3 is 6.03 Å². The lowest BCUT2D eigenvalue weighted by atomic mass is 9.85. The maximum Gasteiger partial charge on any atom is 0.314 e. The molecule has 1 saturated heterocycles. The van der Waals surface area contributed by atoms with Gasteiger partial charge in [0.2, 0.25) is 0 Å². The normalized spacial score (nSPS) is 21.4. The number of carbonyl (C=O) groups excluding carboxylic acids is 1. The van der Waals surface area contributed by atoms with Gasteiger partial charge in [0.15, 0.2) is 11.0 Å². The monoisotopic (exact) mass is 337 g/mol. The predicted molar refractivity (Wildman–Crippen MR) is 84.5 cm³/mol. The molecule has 1 aliphatic heterocycles. The molecule has 122 valence electrons. The van der Waals surface area contributed by atoms with Crippen LogP contribution in [0.4, 0.5) is 9.18 Å². The van der Waals surface area contributed by atoms with Crippen LogP contribution in [0.1, 0.15) is 25.0 Å². The second kappa shape index (κ2) is 6.16. The van der Waals surface area contributed by atoms with E-state index in [2.05, 4.69) is 15.0 Å². The average molecular weight is 338 g/mol. The summed E-state index contributed by atoms with van der Waals surface area (Å²) in [7, 11) is 0. The van der Waals surface area contributed by atoms with Gasteiger partial charge in [-0.3, -0.25) is 0 Å². The third-order valence-electron chi connectivity index (χ3n) is 4.24. The minimum Gasteiger partial charge on any atom is -0.351 e. The summed E-state index contributed by atoms with van der Waals surface area (Å²) in [6, 6.07) is 2.47. The Morgan fingerprint density at radius 3 is 2.91 bits per heavy atom. The Morgan fingerprint density at radius 1 is 1.52 bits per heavy atom. The molecule has 0 bridgehead atoms. The van der Waals surface area contributed by atoms with E-state index in [1.165, 1.54) is 6.07 Å². The number of aromatic nitrogens is 3. The Kier molecular flexibility index (Phi) is 4.21. The number of carbonyl (C=O) groups is 1. The summed E-state index contributed by atoms with van der Waals surface area (Å²) in [6.07, 6.45) is 1.89. The smallest absolute Gasteiger partial charge is 0.314 e. The topological polar surface area (TPSA) is 87.9 Å². The quantitative estimate of drug-likeness (QED) is 0.883. The van der Waals surface area contributed by atoms with Gasteiger partial charge in [-0.15, -0.1) is 0 Å². The van der Waals surface area contributed by atoms with Gasteiger partial charge in [0.25, 0.3) is 0 Å². The van der Waals surface area contributed by atoms with Crippen molar-refractivity contribution in [2.75, 3.05) is 13.1 Å². The van der Waals surface area contributed by atoms with Crippen molar-refractivity contribution in [2.45, 2.75) is 19.3 Å². The Morgan fingerprint density at radius 2 is 2.30 bits per heavy atom. The number of pyridine rings is 1. The van der Waals surface area contributed by atoms with Crippen LogP contribution < -0.4 is 5.73 Å². The molecule has 2 atom stereocenters. The summed E-state index contributed by atoms with van der Waals surface area (Å²) in [4.78, 5) is 24.4. The number of rotatable bonds is 2. The first-order valence-corrected chi connectivity index (χ1v) is 7.75. The lowest BCUT2D eigenvalue weighted by Gasteiger charge is -2.35. The molecule has 2 amide bonds. The van der Waals surface area contributed by atoms with E-state index in [-0.39, 0.29) is 11.8 Å². The number of primary amides is 1. The number of urea groups is 1. The number of imidazole rings is 1. The molecule has 2 aromatic heterocycles. The van der Waals surface area contributed by atoms with Gasteiger partial charge < -0.3 is 15.6 Å². The number of piperidine rings is 1. The molecule has 23 heavy (non-hydrogen) atoms. The largest absolute Gasteiger partial charge is 0.351 e. The van der Waals surface area contributed by atoms with Gasteiger partial charge in [-0.25, -0.2) is 19.2 Å². The van der Waals surface area contributed by atoms with Gasteiger partial charge in [-0.1, -0.05) is 18.5 Å². The van der Waals surface area contributed by atoms with Gasteiger partial charge in [0.1, 0.15) is 11.5 Å². The molecular weight excluding hydrogens is 321 g/mol. The highest BCUT2D eigenvalue weighted by Crippen LogP contribution is 2.36. The summed E-state index contributed by atoms with van der Waals surface area (Å²) in [5, 5.41) is 0.385. The minimum atomic E-state index is -0.404. The van der Waals surface area contributed by atoms with Crippen LogP contribution in [0.5, 0.6) is 0 Å². The number of nitrogens with one attached hydrogen (secondary N) is 1. The Bertz CT molecular complexity index is 717. The SMILES string of the molecule is C[C@H]1CN(C(N)=O)CC[C@H]1c1[nH]c(-c2ccc(F)cn2)nc1Cl. The molecule has 2 aromatic rings. The van der Waals surface area contributed by atoms with Crippen LogP contribution in [0.25, 0.3) is 11.5 Å². The molecule has 0 aliphatic carbocycles. The zero-order valence-electron chi connectivity index (χ0n) is 12.6. The first-order valence-electron chi connectivity index (χ1n) is 7.37. The molecule has 1 aliphatic rings. The Balaban J connectivity index is 1.84. The number of H-pyrrole nitrogens is 1. The highest BCUT2D eigenvalue weighted by molar-refractivity contribution is 6.30. The number of hydrogen-bond acceptors (Lipinski definition) is 3. The second-order valence-electron chi connectivity index (χ2n) is 5.81. The number of hydrogen-bond donors (Lipinski definition) is 2. The molecular formula is C15H17ClFN5O. The molecule has 3 N–H and O–H groups in total. The number of amides is 2. The number of halogens is 2. The summed E-state index contributed by atoms with van der Waals surface area (Å²) in [5.74, 6) is 0.455. The first-order chi connectivity index (χ1) is 11.0. The molecule has 6 nitrogen and oxygen atoms in total. The van der Waals surface area contributed by atoms with Crippen molar-refractivity contribution in [3.05, 3.63) is 35.0 Å². The van der Waals surface area contributed by atoms with Crippen LogP contribution in [0, 0.1) is 11.7 Å². The van der Waals surface area contributed by atoms with Crippen molar-refractivity contribution in [2.24, 2.45) is 11.7 Å². The van der Waals surface area contributed by atoms with E-state index < -0.39 is 11.8 Å². The van der Waals surface area contributed by atoms with E-state index in [0.29, 0.717) is 29.8 Å². The van der Waals surface area contributed by atoms with Gasteiger partial charge in [0, 0.05) is 19.0 Å². The number of nitrogens with two attached hydrogens (primary N) is 1. The van der Waals surface area contributed by atoms with Crippen LogP contribution >= 0.6 is 11.6 Å². The third-order valence-corrected chi connectivity index (χ3v) is 4.53.